The Hall–Kier alpha value is -2.65. The summed E-state index contributed by atoms with van der Waals surface area (Å²) in [5, 5.41) is 2.22. The summed E-state index contributed by atoms with van der Waals surface area (Å²) in [6.07, 6.45) is 1.39. The second kappa shape index (κ2) is 6.69. The van der Waals surface area contributed by atoms with E-state index in [4.69, 9.17) is 4.74 Å². The molecule has 0 saturated carbocycles. The zero-order valence-electron chi connectivity index (χ0n) is 14.3. The van der Waals surface area contributed by atoms with Gasteiger partial charge in [0.25, 0.3) is 0 Å². The molecule has 0 N–H and O–H groups in total. The van der Waals surface area contributed by atoms with Crippen molar-refractivity contribution < 1.29 is 9.53 Å². The predicted molar refractivity (Wildman–Crippen MR) is 99.7 cm³/mol. The molecule has 1 atom stereocenters. The number of hydrogen-bond donors (Lipinski definition) is 0. The van der Waals surface area contributed by atoms with Crippen LogP contribution in [-0.2, 0) is 11.2 Å². The molecule has 0 radical (unpaired) electrons. The first kappa shape index (κ1) is 15.9. The Bertz CT molecular complexity index is 919. The summed E-state index contributed by atoms with van der Waals surface area (Å²) in [4.78, 5) is 14.8. The fourth-order valence-corrected chi connectivity index (χ4v) is 3.60. The Morgan fingerprint density at radius 1 is 1.04 bits per heavy atom. The Balaban J connectivity index is 1.51. The molecule has 126 valence electrons. The van der Waals surface area contributed by atoms with Gasteiger partial charge in [-0.1, -0.05) is 54.6 Å². The topological polar surface area (TPSA) is 29.5 Å². The summed E-state index contributed by atoms with van der Waals surface area (Å²) in [7, 11) is 2.07. The van der Waals surface area contributed by atoms with Crippen LogP contribution in [0, 0.1) is 0 Å². The quantitative estimate of drug-likeness (QED) is 0.527. The molecule has 0 spiro atoms. The SMILES string of the molecule is CN1CCc2ccccc2C1CC(=O)Oc1ccc2ccccc2c1. The van der Waals surface area contributed by atoms with Gasteiger partial charge in [0.15, 0.2) is 0 Å². The highest BCUT2D eigenvalue weighted by Crippen LogP contribution is 2.31. The number of rotatable bonds is 3. The molecule has 0 bridgehead atoms. The molecular weight excluding hydrogens is 310 g/mol. The van der Waals surface area contributed by atoms with Crippen LogP contribution >= 0.6 is 0 Å². The van der Waals surface area contributed by atoms with Gasteiger partial charge >= 0.3 is 5.97 Å². The van der Waals surface area contributed by atoms with Gasteiger partial charge in [-0.15, -0.1) is 0 Å². The van der Waals surface area contributed by atoms with E-state index in [0.717, 1.165) is 23.7 Å². The zero-order valence-corrected chi connectivity index (χ0v) is 14.3. The average Bonchev–Trinajstić information content (AvgIpc) is 2.64. The molecule has 3 nitrogen and oxygen atoms in total. The molecule has 0 aliphatic carbocycles. The maximum Gasteiger partial charge on any atom is 0.313 e. The number of hydrogen-bond acceptors (Lipinski definition) is 3. The summed E-state index contributed by atoms with van der Waals surface area (Å²) in [6, 6.07) is 22.3. The molecule has 3 aromatic carbocycles. The van der Waals surface area contributed by atoms with Crippen LogP contribution in [0.4, 0.5) is 0 Å². The summed E-state index contributed by atoms with van der Waals surface area (Å²) in [5.74, 6) is 0.416. The van der Waals surface area contributed by atoms with Crippen molar-refractivity contribution in [2.75, 3.05) is 13.6 Å². The van der Waals surface area contributed by atoms with Crippen molar-refractivity contribution in [3.05, 3.63) is 77.9 Å². The van der Waals surface area contributed by atoms with E-state index >= 15 is 0 Å². The van der Waals surface area contributed by atoms with Gasteiger partial charge < -0.3 is 4.74 Å². The van der Waals surface area contributed by atoms with Crippen LogP contribution in [0.15, 0.2) is 66.7 Å². The van der Waals surface area contributed by atoms with Gasteiger partial charge in [-0.3, -0.25) is 9.69 Å². The second-order valence-corrected chi connectivity index (χ2v) is 6.63. The lowest BCUT2D eigenvalue weighted by molar-refractivity contribution is -0.135. The number of carbonyl (C=O) groups excluding carboxylic acids is 1. The van der Waals surface area contributed by atoms with Crippen LogP contribution in [0.5, 0.6) is 5.75 Å². The monoisotopic (exact) mass is 331 g/mol. The number of benzene rings is 3. The molecule has 1 aliphatic rings. The van der Waals surface area contributed by atoms with Crippen molar-refractivity contribution in [2.45, 2.75) is 18.9 Å². The maximum absolute atomic E-state index is 12.5. The molecule has 1 unspecified atom stereocenters. The Morgan fingerprint density at radius 3 is 2.68 bits per heavy atom. The molecule has 4 rings (SSSR count). The minimum absolute atomic E-state index is 0.0814. The third-order valence-corrected chi connectivity index (χ3v) is 4.99. The standard InChI is InChI=1S/C22H21NO2/c1-23-13-12-17-7-4-5-9-20(17)21(23)15-22(24)25-19-11-10-16-6-2-3-8-18(16)14-19/h2-11,14,21H,12-13,15H2,1H3. The first-order chi connectivity index (χ1) is 12.2. The van der Waals surface area contributed by atoms with Crippen LogP contribution in [0.3, 0.4) is 0 Å². The van der Waals surface area contributed by atoms with Crippen molar-refractivity contribution in [1.29, 1.82) is 0 Å². The zero-order chi connectivity index (χ0) is 17.2. The van der Waals surface area contributed by atoms with E-state index in [1.54, 1.807) is 0 Å². The van der Waals surface area contributed by atoms with Crippen molar-refractivity contribution >= 4 is 16.7 Å². The molecule has 1 heterocycles. The molecule has 0 amide bonds. The number of likely N-dealkylation sites (N-methyl/N-ethyl adjacent to an activating group) is 1. The van der Waals surface area contributed by atoms with Crippen LogP contribution < -0.4 is 4.74 Å². The predicted octanol–water partition coefficient (Wildman–Crippen LogP) is 4.36. The van der Waals surface area contributed by atoms with E-state index in [1.165, 1.54) is 11.1 Å². The van der Waals surface area contributed by atoms with Crippen molar-refractivity contribution in [3.8, 4) is 5.75 Å². The Kier molecular flexibility index (Phi) is 4.24. The molecule has 3 heteroatoms. The molecule has 25 heavy (non-hydrogen) atoms. The van der Waals surface area contributed by atoms with Crippen LogP contribution in [-0.4, -0.2) is 24.5 Å². The number of ether oxygens (including phenoxy) is 1. The molecule has 0 saturated heterocycles. The summed E-state index contributed by atoms with van der Waals surface area (Å²) >= 11 is 0. The minimum atomic E-state index is -0.191. The Morgan fingerprint density at radius 2 is 1.80 bits per heavy atom. The number of nitrogens with zero attached hydrogens (tertiary/aromatic N) is 1. The van der Waals surface area contributed by atoms with Crippen molar-refractivity contribution in [3.63, 3.8) is 0 Å². The van der Waals surface area contributed by atoms with Crippen LogP contribution in [0.1, 0.15) is 23.6 Å². The molecule has 0 fully saturated rings. The highest BCUT2D eigenvalue weighted by Gasteiger charge is 2.27. The van der Waals surface area contributed by atoms with Crippen LogP contribution in [0.25, 0.3) is 10.8 Å². The number of esters is 1. The van der Waals surface area contributed by atoms with Gasteiger partial charge in [0, 0.05) is 12.6 Å². The lowest BCUT2D eigenvalue weighted by Gasteiger charge is -2.34. The minimum Gasteiger partial charge on any atom is -0.426 e. The van der Waals surface area contributed by atoms with Gasteiger partial charge in [-0.25, -0.2) is 0 Å². The normalized spacial score (nSPS) is 17.2. The lowest BCUT2D eigenvalue weighted by Crippen LogP contribution is -2.34. The smallest absolute Gasteiger partial charge is 0.313 e. The van der Waals surface area contributed by atoms with Gasteiger partial charge in [0.05, 0.1) is 6.42 Å². The van der Waals surface area contributed by atoms with E-state index < -0.39 is 0 Å². The van der Waals surface area contributed by atoms with Gasteiger partial charge in [0.2, 0.25) is 0 Å². The van der Waals surface area contributed by atoms with Crippen molar-refractivity contribution in [2.24, 2.45) is 0 Å². The van der Waals surface area contributed by atoms with E-state index in [2.05, 4.69) is 36.2 Å². The first-order valence-electron chi connectivity index (χ1n) is 8.68. The highest BCUT2D eigenvalue weighted by atomic mass is 16.5. The fourth-order valence-electron chi connectivity index (χ4n) is 3.60. The Labute approximate surface area is 147 Å². The molecule has 0 aromatic heterocycles. The number of fused-ring (bicyclic) bond motifs is 2. The van der Waals surface area contributed by atoms with E-state index in [-0.39, 0.29) is 12.0 Å². The van der Waals surface area contributed by atoms with E-state index in [9.17, 15) is 4.79 Å². The van der Waals surface area contributed by atoms with Crippen molar-refractivity contribution in [1.82, 2.24) is 4.90 Å². The lowest BCUT2D eigenvalue weighted by atomic mass is 9.91. The first-order valence-corrected chi connectivity index (χ1v) is 8.68. The fraction of sp³-hybridized carbons (Fsp3) is 0.227. The summed E-state index contributed by atoms with van der Waals surface area (Å²) in [6.45, 7) is 0.963. The number of carbonyl (C=O) groups is 1. The maximum atomic E-state index is 12.5. The second-order valence-electron chi connectivity index (χ2n) is 6.63. The average molecular weight is 331 g/mol. The molecule has 3 aromatic rings. The molecule has 1 aliphatic heterocycles. The third-order valence-electron chi connectivity index (χ3n) is 4.99. The van der Waals surface area contributed by atoms with Crippen LogP contribution in [0.2, 0.25) is 0 Å². The third kappa shape index (κ3) is 3.28. The van der Waals surface area contributed by atoms with Gasteiger partial charge in [-0.2, -0.15) is 0 Å². The molecular formula is C22H21NO2. The van der Waals surface area contributed by atoms with E-state index in [0.29, 0.717) is 12.2 Å². The van der Waals surface area contributed by atoms with Gasteiger partial charge in [-0.05, 0) is 47.5 Å². The summed E-state index contributed by atoms with van der Waals surface area (Å²) < 4.78 is 5.62. The van der Waals surface area contributed by atoms with Gasteiger partial charge in [0.1, 0.15) is 5.75 Å². The largest absolute Gasteiger partial charge is 0.426 e. The summed E-state index contributed by atoms with van der Waals surface area (Å²) in [5.41, 5.74) is 2.58. The van der Waals surface area contributed by atoms with E-state index in [1.807, 2.05) is 42.5 Å². The highest BCUT2D eigenvalue weighted by molar-refractivity contribution is 5.84.